The summed E-state index contributed by atoms with van der Waals surface area (Å²) in [6.45, 7) is 0.219. The van der Waals surface area contributed by atoms with Crippen LogP contribution in [-0.2, 0) is 17.6 Å². The number of carbonyl (C=O) groups is 1. The SMILES string of the molecule is COc1ccc(/C=C/C(=O)NCC2(O)Cc3ccccc3C2)cc1OC. The summed E-state index contributed by atoms with van der Waals surface area (Å²) in [7, 11) is 3.14. The summed E-state index contributed by atoms with van der Waals surface area (Å²) in [5.41, 5.74) is 2.19. The molecule has 0 saturated carbocycles. The summed E-state index contributed by atoms with van der Waals surface area (Å²) in [4.78, 5) is 12.1. The lowest BCUT2D eigenvalue weighted by atomic mass is 10.0. The van der Waals surface area contributed by atoms with E-state index in [1.165, 1.54) is 6.08 Å². The van der Waals surface area contributed by atoms with E-state index in [0.29, 0.717) is 24.3 Å². The Morgan fingerprint density at radius 3 is 2.38 bits per heavy atom. The Balaban J connectivity index is 1.57. The van der Waals surface area contributed by atoms with E-state index in [2.05, 4.69) is 5.32 Å². The zero-order chi connectivity index (χ0) is 18.6. The lowest BCUT2D eigenvalue weighted by molar-refractivity contribution is -0.117. The minimum Gasteiger partial charge on any atom is -0.493 e. The Kier molecular flexibility index (Phi) is 5.28. The number of hydrogen-bond acceptors (Lipinski definition) is 4. The van der Waals surface area contributed by atoms with E-state index in [9.17, 15) is 9.90 Å². The molecular formula is C21H23NO4. The predicted octanol–water partition coefficient (Wildman–Crippen LogP) is 2.36. The number of benzene rings is 2. The summed E-state index contributed by atoms with van der Waals surface area (Å²) in [6.07, 6.45) is 4.27. The number of hydrogen-bond donors (Lipinski definition) is 2. The highest BCUT2D eigenvalue weighted by Crippen LogP contribution is 2.29. The average Bonchev–Trinajstić information content (AvgIpc) is 3.01. The number of ether oxygens (including phenoxy) is 2. The van der Waals surface area contributed by atoms with E-state index in [0.717, 1.165) is 16.7 Å². The van der Waals surface area contributed by atoms with E-state index < -0.39 is 5.60 Å². The lowest BCUT2D eigenvalue weighted by Crippen LogP contribution is -2.43. The van der Waals surface area contributed by atoms with Gasteiger partial charge in [-0.2, -0.15) is 0 Å². The van der Waals surface area contributed by atoms with Crippen LogP contribution in [0.25, 0.3) is 6.08 Å². The molecule has 0 aliphatic heterocycles. The Hall–Kier alpha value is -2.79. The molecule has 1 amide bonds. The molecule has 0 spiro atoms. The van der Waals surface area contributed by atoms with Crippen LogP contribution < -0.4 is 14.8 Å². The Bertz CT molecular complexity index is 804. The molecule has 26 heavy (non-hydrogen) atoms. The van der Waals surface area contributed by atoms with E-state index in [4.69, 9.17) is 9.47 Å². The second-order valence-electron chi connectivity index (χ2n) is 6.51. The zero-order valence-electron chi connectivity index (χ0n) is 15.0. The Labute approximate surface area is 153 Å². The molecule has 0 radical (unpaired) electrons. The summed E-state index contributed by atoms with van der Waals surface area (Å²) < 4.78 is 10.4. The van der Waals surface area contributed by atoms with Crippen molar-refractivity contribution in [2.75, 3.05) is 20.8 Å². The summed E-state index contributed by atoms with van der Waals surface area (Å²) in [5, 5.41) is 13.5. The molecule has 2 N–H and O–H groups in total. The highest BCUT2D eigenvalue weighted by atomic mass is 16.5. The number of aliphatic hydroxyl groups is 1. The van der Waals surface area contributed by atoms with Gasteiger partial charge < -0.3 is 19.9 Å². The van der Waals surface area contributed by atoms with Gasteiger partial charge in [0.25, 0.3) is 0 Å². The van der Waals surface area contributed by atoms with Gasteiger partial charge in [-0.25, -0.2) is 0 Å². The highest BCUT2D eigenvalue weighted by Gasteiger charge is 2.34. The van der Waals surface area contributed by atoms with Crippen LogP contribution in [0.4, 0.5) is 0 Å². The lowest BCUT2D eigenvalue weighted by Gasteiger charge is -2.22. The topological polar surface area (TPSA) is 67.8 Å². The minimum atomic E-state index is -0.920. The molecule has 0 heterocycles. The van der Waals surface area contributed by atoms with Crippen LogP contribution in [0.15, 0.2) is 48.5 Å². The van der Waals surface area contributed by atoms with Crippen LogP contribution in [0, 0.1) is 0 Å². The van der Waals surface area contributed by atoms with Crippen LogP contribution in [-0.4, -0.2) is 37.4 Å². The molecule has 1 aliphatic rings. The van der Waals surface area contributed by atoms with Crippen LogP contribution in [0.1, 0.15) is 16.7 Å². The van der Waals surface area contributed by atoms with Gasteiger partial charge in [0, 0.05) is 25.5 Å². The molecule has 2 aromatic carbocycles. The zero-order valence-corrected chi connectivity index (χ0v) is 15.0. The van der Waals surface area contributed by atoms with Crippen molar-refractivity contribution in [3.8, 4) is 11.5 Å². The fourth-order valence-electron chi connectivity index (χ4n) is 3.24. The molecule has 0 atom stereocenters. The fourth-order valence-corrected chi connectivity index (χ4v) is 3.24. The maximum Gasteiger partial charge on any atom is 0.244 e. The highest BCUT2D eigenvalue weighted by molar-refractivity contribution is 5.91. The fraction of sp³-hybridized carbons (Fsp3) is 0.286. The smallest absolute Gasteiger partial charge is 0.244 e. The van der Waals surface area contributed by atoms with Crippen molar-refractivity contribution in [3.05, 3.63) is 65.2 Å². The van der Waals surface area contributed by atoms with Gasteiger partial charge in [0.15, 0.2) is 11.5 Å². The maximum atomic E-state index is 12.1. The van der Waals surface area contributed by atoms with Crippen LogP contribution >= 0.6 is 0 Å². The molecule has 2 aromatic rings. The first kappa shape index (κ1) is 18.0. The van der Waals surface area contributed by atoms with Crippen molar-refractivity contribution in [3.63, 3.8) is 0 Å². The summed E-state index contributed by atoms with van der Waals surface area (Å²) >= 11 is 0. The average molecular weight is 353 g/mol. The molecule has 136 valence electrons. The number of nitrogens with one attached hydrogen (secondary N) is 1. The largest absolute Gasteiger partial charge is 0.493 e. The van der Waals surface area contributed by atoms with Gasteiger partial charge in [0.05, 0.1) is 19.8 Å². The van der Waals surface area contributed by atoms with Gasteiger partial charge in [0.1, 0.15) is 0 Å². The van der Waals surface area contributed by atoms with Crippen molar-refractivity contribution in [1.82, 2.24) is 5.32 Å². The molecule has 0 bridgehead atoms. The summed E-state index contributed by atoms with van der Waals surface area (Å²) in [6, 6.07) is 13.4. The molecule has 0 unspecified atom stereocenters. The van der Waals surface area contributed by atoms with Gasteiger partial charge in [-0.3, -0.25) is 4.79 Å². The maximum absolute atomic E-state index is 12.1. The van der Waals surface area contributed by atoms with Gasteiger partial charge in [0.2, 0.25) is 5.91 Å². The predicted molar refractivity (Wildman–Crippen MR) is 100 cm³/mol. The molecule has 1 aliphatic carbocycles. The first-order valence-corrected chi connectivity index (χ1v) is 8.50. The van der Waals surface area contributed by atoms with Crippen molar-refractivity contribution in [2.45, 2.75) is 18.4 Å². The normalized spacial score (nSPS) is 14.9. The number of amides is 1. The van der Waals surface area contributed by atoms with Crippen LogP contribution in [0.3, 0.4) is 0 Å². The third-order valence-corrected chi connectivity index (χ3v) is 4.58. The third kappa shape index (κ3) is 4.06. The van der Waals surface area contributed by atoms with Crippen molar-refractivity contribution >= 4 is 12.0 Å². The summed E-state index contributed by atoms with van der Waals surface area (Å²) in [5.74, 6) is 0.995. The van der Waals surface area contributed by atoms with Crippen molar-refractivity contribution < 1.29 is 19.4 Å². The number of carbonyl (C=O) groups excluding carboxylic acids is 1. The molecule has 5 nitrogen and oxygen atoms in total. The number of rotatable bonds is 6. The molecule has 0 aromatic heterocycles. The van der Waals surface area contributed by atoms with E-state index in [1.807, 2.05) is 30.3 Å². The van der Waals surface area contributed by atoms with E-state index in [1.54, 1.807) is 32.4 Å². The number of fused-ring (bicyclic) bond motifs is 1. The van der Waals surface area contributed by atoms with Gasteiger partial charge in [-0.05, 0) is 34.9 Å². The Morgan fingerprint density at radius 1 is 1.12 bits per heavy atom. The van der Waals surface area contributed by atoms with Gasteiger partial charge in [-0.1, -0.05) is 30.3 Å². The second-order valence-corrected chi connectivity index (χ2v) is 6.51. The minimum absolute atomic E-state index is 0.219. The van der Waals surface area contributed by atoms with Gasteiger partial charge >= 0.3 is 0 Å². The van der Waals surface area contributed by atoms with Gasteiger partial charge in [-0.15, -0.1) is 0 Å². The molecule has 0 fully saturated rings. The van der Waals surface area contributed by atoms with Crippen LogP contribution in [0.5, 0.6) is 11.5 Å². The number of methoxy groups -OCH3 is 2. The standard InChI is InChI=1S/C21H23NO4/c1-25-18-9-7-15(11-19(18)26-2)8-10-20(23)22-14-21(24)12-16-5-3-4-6-17(16)13-21/h3-11,24H,12-14H2,1-2H3,(H,22,23)/b10-8+. The molecule has 3 rings (SSSR count). The molecule has 0 saturated heterocycles. The quantitative estimate of drug-likeness (QED) is 0.783. The van der Waals surface area contributed by atoms with Crippen molar-refractivity contribution in [2.24, 2.45) is 0 Å². The van der Waals surface area contributed by atoms with E-state index >= 15 is 0 Å². The second kappa shape index (κ2) is 7.62. The van der Waals surface area contributed by atoms with E-state index in [-0.39, 0.29) is 12.5 Å². The Morgan fingerprint density at radius 2 is 1.77 bits per heavy atom. The van der Waals surface area contributed by atoms with Crippen LogP contribution in [0.2, 0.25) is 0 Å². The first-order valence-electron chi connectivity index (χ1n) is 8.50. The molecular weight excluding hydrogens is 330 g/mol. The molecule has 5 heteroatoms. The van der Waals surface area contributed by atoms with Crippen molar-refractivity contribution in [1.29, 1.82) is 0 Å². The monoisotopic (exact) mass is 353 g/mol. The third-order valence-electron chi connectivity index (χ3n) is 4.58. The first-order chi connectivity index (χ1) is 12.5.